The van der Waals surface area contributed by atoms with E-state index in [9.17, 15) is 22.4 Å². The summed E-state index contributed by atoms with van der Waals surface area (Å²) in [6, 6.07) is 6.58. The zero-order valence-electron chi connectivity index (χ0n) is 21.1. The van der Waals surface area contributed by atoms with Gasteiger partial charge >= 0.3 is 0 Å². The molecule has 0 spiro atoms. The van der Waals surface area contributed by atoms with Crippen molar-refractivity contribution >= 4 is 38.8 Å². The molecule has 0 bridgehead atoms. The second-order valence-corrected chi connectivity index (χ2v) is 11.4. The van der Waals surface area contributed by atoms with Crippen molar-refractivity contribution in [3.8, 4) is 17.1 Å². The summed E-state index contributed by atoms with van der Waals surface area (Å²) >= 11 is 0. The van der Waals surface area contributed by atoms with Crippen LogP contribution in [0.1, 0.15) is 30.6 Å². The van der Waals surface area contributed by atoms with Gasteiger partial charge in [-0.1, -0.05) is 6.07 Å². The first-order valence-electron chi connectivity index (χ1n) is 11.7. The first kappa shape index (κ1) is 26.9. The predicted octanol–water partition coefficient (Wildman–Crippen LogP) is 3.13. The minimum Gasteiger partial charge on any atom is -0.494 e. The fraction of sp³-hybridized carbons (Fsp3) is 0.320. The van der Waals surface area contributed by atoms with Crippen LogP contribution in [0.25, 0.3) is 11.4 Å². The van der Waals surface area contributed by atoms with Gasteiger partial charge in [-0.3, -0.25) is 9.59 Å². The highest BCUT2D eigenvalue weighted by Crippen LogP contribution is 2.38. The highest BCUT2D eigenvalue weighted by molar-refractivity contribution is 7.92. The van der Waals surface area contributed by atoms with Gasteiger partial charge in [0, 0.05) is 31.7 Å². The molecule has 1 aromatic carbocycles. The Bertz CT molecular complexity index is 1480. The molecular weight excluding hydrogens is 515 g/mol. The molecule has 3 N–H and O–H groups in total. The van der Waals surface area contributed by atoms with Crippen molar-refractivity contribution in [3.63, 3.8) is 0 Å². The minimum absolute atomic E-state index is 0.0105. The quantitative estimate of drug-likeness (QED) is 0.370. The Kier molecular flexibility index (Phi) is 7.58. The number of rotatable bonds is 9. The van der Waals surface area contributed by atoms with Gasteiger partial charge in [-0.15, -0.1) is 0 Å². The Hall–Kier alpha value is -4.13. The van der Waals surface area contributed by atoms with E-state index in [1.807, 2.05) is 0 Å². The third-order valence-corrected chi connectivity index (χ3v) is 8.09. The summed E-state index contributed by atoms with van der Waals surface area (Å²) in [6.07, 6.45) is 2.81. The Morgan fingerprint density at radius 2 is 1.79 bits per heavy atom. The molecule has 2 atom stereocenters. The third-order valence-electron chi connectivity index (χ3n) is 5.98. The number of aromatic nitrogens is 3. The van der Waals surface area contributed by atoms with Crippen molar-refractivity contribution in [2.45, 2.75) is 36.6 Å². The van der Waals surface area contributed by atoms with Crippen LogP contribution in [0.5, 0.6) is 5.75 Å². The second kappa shape index (κ2) is 10.7. The molecule has 0 saturated heterocycles. The van der Waals surface area contributed by atoms with Crippen LogP contribution in [0, 0.1) is 5.92 Å². The van der Waals surface area contributed by atoms with Gasteiger partial charge < -0.3 is 20.7 Å². The highest BCUT2D eigenvalue weighted by Gasteiger charge is 2.43. The Labute approximate surface area is 219 Å². The maximum atomic E-state index is 13.3. The average molecular weight is 543 g/mol. The number of carbonyl (C=O) groups excluding carboxylic acids is 2. The zero-order valence-corrected chi connectivity index (χ0v) is 22.0. The minimum atomic E-state index is -3.54. The number of ether oxygens (including phenoxy) is 1. The number of hydrogen-bond acceptors (Lipinski definition) is 9. The smallest absolute Gasteiger partial charge is 0.254 e. The molecule has 1 saturated carbocycles. The number of halogens is 1. The van der Waals surface area contributed by atoms with Gasteiger partial charge in [0.15, 0.2) is 21.4 Å². The molecule has 0 aliphatic heterocycles. The first-order chi connectivity index (χ1) is 18.1. The van der Waals surface area contributed by atoms with E-state index >= 15 is 0 Å². The van der Waals surface area contributed by atoms with Gasteiger partial charge in [-0.25, -0.2) is 27.8 Å². The van der Waals surface area contributed by atoms with Crippen LogP contribution in [-0.4, -0.2) is 60.8 Å². The maximum Gasteiger partial charge on any atom is 0.254 e. The predicted molar refractivity (Wildman–Crippen MR) is 139 cm³/mol. The number of methoxy groups -OCH3 is 1. The van der Waals surface area contributed by atoms with E-state index in [1.54, 1.807) is 32.0 Å². The summed E-state index contributed by atoms with van der Waals surface area (Å²) in [6.45, 7) is 3.16. The summed E-state index contributed by atoms with van der Waals surface area (Å²) in [4.78, 5) is 37.3. The van der Waals surface area contributed by atoms with Crippen LogP contribution in [0.4, 0.5) is 21.6 Å². The third kappa shape index (κ3) is 5.42. The fourth-order valence-electron chi connectivity index (χ4n) is 3.65. The van der Waals surface area contributed by atoms with Crippen molar-refractivity contribution in [3.05, 3.63) is 48.4 Å². The largest absolute Gasteiger partial charge is 0.494 e. The molecule has 0 radical (unpaired) electrons. The Morgan fingerprint density at radius 3 is 2.37 bits per heavy atom. The highest BCUT2D eigenvalue weighted by atomic mass is 32.2. The van der Waals surface area contributed by atoms with Gasteiger partial charge in [0.05, 0.1) is 40.8 Å². The first-order valence-corrected chi connectivity index (χ1v) is 13.3. The molecule has 200 valence electrons. The molecule has 2 aromatic heterocycles. The lowest BCUT2D eigenvalue weighted by atomic mass is 10.1. The molecule has 2 heterocycles. The topological polar surface area (TPSA) is 152 Å². The average Bonchev–Trinajstić information content (AvgIpc) is 3.65. The molecule has 2 amide bonds. The number of pyridine rings is 1. The number of nitrogens with one attached hydrogen (secondary N) is 3. The van der Waals surface area contributed by atoms with Crippen molar-refractivity contribution in [1.82, 2.24) is 20.3 Å². The van der Waals surface area contributed by atoms with Gasteiger partial charge in [-0.05, 0) is 32.4 Å². The number of hydrogen-bond donors (Lipinski definition) is 3. The SMILES string of the molecule is CNC(=O)c1cnc(NC(=O)C2CC2F)cc1Nc1cccc(-c2ncc(S(=O)(=O)C(C)C)cn2)c1OC. The standard InChI is InChI=1S/C25H27FN6O5S/c1-13(2)38(35,36)14-10-29-23(30-11-14)15-6-5-7-19(22(15)37-4)31-20-9-21(28-12-17(20)24(33)27-3)32-25(34)16-8-18(16)26/h5-7,9-13,16,18H,8H2,1-4H3,(H,27,33)(H2,28,31,32,34). The van der Waals surface area contributed by atoms with Gasteiger partial charge in [0.25, 0.3) is 5.91 Å². The van der Waals surface area contributed by atoms with Gasteiger partial charge in [0.2, 0.25) is 5.91 Å². The van der Waals surface area contributed by atoms with Gasteiger partial charge in [0.1, 0.15) is 16.9 Å². The lowest BCUT2D eigenvalue weighted by Gasteiger charge is -2.17. The van der Waals surface area contributed by atoms with Crippen LogP contribution in [0.3, 0.4) is 0 Å². The molecule has 38 heavy (non-hydrogen) atoms. The maximum absolute atomic E-state index is 13.3. The van der Waals surface area contributed by atoms with E-state index in [0.717, 1.165) is 0 Å². The number of sulfone groups is 1. The number of anilines is 3. The van der Waals surface area contributed by atoms with E-state index in [4.69, 9.17) is 4.74 Å². The fourth-order valence-corrected chi connectivity index (χ4v) is 4.59. The van der Waals surface area contributed by atoms with E-state index in [1.165, 1.54) is 38.8 Å². The molecule has 1 aliphatic carbocycles. The number of nitrogens with zero attached hydrogens (tertiary/aromatic N) is 3. The van der Waals surface area contributed by atoms with E-state index in [2.05, 4.69) is 30.9 Å². The lowest BCUT2D eigenvalue weighted by molar-refractivity contribution is -0.117. The van der Waals surface area contributed by atoms with Crippen molar-refractivity contribution < 1.29 is 27.1 Å². The van der Waals surface area contributed by atoms with Crippen molar-refractivity contribution in [1.29, 1.82) is 0 Å². The van der Waals surface area contributed by atoms with Crippen molar-refractivity contribution in [2.24, 2.45) is 5.92 Å². The van der Waals surface area contributed by atoms with Gasteiger partial charge in [-0.2, -0.15) is 0 Å². The van der Waals surface area contributed by atoms with Crippen LogP contribution >= 0.6 is 0 Å². The molecule has 1 fully saturated rings. The number of alkyl halides is 1. The number of benzene rings is 1. The zero-order chi connectivity index (χ0) is 27.6. The molecule has 4 rings (SSSR count). The summed E-state index contributed by atoms with van der Waals surface area (Å²) in [5.74, 6) is -0.911. The second-order valence-electron chi connectivity index (χ2n) is 8.89. The van der Waals surface area contributed by atoms with Crippen LogP contribution in [-0.2, 0) is 14.6 Å². The summed E-state index contributed by atoms with van der Waals surface area (Å²) in [5, 5.41) is 7.62. The molecule has 11 nitrogen and oxygen atoms in total. The molecule has 13 heteroatoms. The van der Waals surface area contributed by atoms with Crippen molar-refractivity contribution in [2.75, 3.05) is 24.8 Å². The summed E-state index contributed by atoms with van der Waals surface area (Å²) in [5.41, 5.74) is 1.40. The van der Waals surface area contributed by atoms with Crippen LogP contribution < -0.4 is 20.7 Å². The number of amides is 2. The summed E-state index contributed by atoms with van der Waals surface area (Å²) in [7, 11) is -0.619. The Balaban J connectivity index is 1.69. The van der Waals surface area contributed by atoms with Crippen LogP contribution in [0.2, 0.25) is 0 Å². The molecule has 2 unspecified atom stereocenters. The number of carbonyl (C=O) groups is 2. The van der Waals surface area contributed by atoms with E-state index < -0.39 is 39.0 Å². The van der Waals surface area contributed by atoms with E-state index in [-0.39, 0.29) is 28.5 Å². The normalized spacial score (nSPS) is 16.6. The van der Waals surface area contributed by atoms with E-state index in [0.29, 0.717) is 22.7 Å². The molecular formula is C25H27FN6O5S. The van der Waals surface area contributed by atoms with Crippen LogP contribution in [0.15, 0.2) is 47.8 Å². The summed E-state index contributed by atoms with van der Waals surface area (Å²) < 4.78 is 43.8. The number of para-hydroxylation sites is 1. The molecule has 3 aromatic rings. The lowest BCUT2D eigenvalue weighted by Crippen LogP contribution is -2.21. The monoisotopic (exact) mass is 542 g/mol. The molecule has 1 aliphatic rings. The Morgan fingerprint density at radius 1 is 1.11 bits per heavy atom.